The standard InChI is InChI=1S/C15H20N2O4/c1-21-14-10(5-4-8-16-14)9-17-13(18)11-6-2-3-7-12(11)15(19)20/h4-5,8,11-12H,2-3,6-7,9H2,1H3,(H,17,18)(H,19,20)/t11-,12+/m1/s1. The van der Waals surface area contributed by atoms with Crippen LogP contribution in [0.5, 0.6) is 5.88 Å². The quantitative estimate of drug-likeness (QED) is 0.860. The van der Waals surface area contributed by atoms with Gasteiger partial charge in [-0.25, -0.2) is 4.98 Å². The van der Waals surface area contributed by atoms with Gasteiger partial charge in [0.2, 0.25) is 11.8 Å². The van der Waals surface area contributed by atoms with Gasteiger partial charge in [-0.2, -0.15) is 0 Å². The van der Waals surface area contributed by atoms with Crippen LogP contribution in [-0.4, -0.2) is 29.1 Å². The van der Waals surface area contributed by atoms with Crippen LogP contribution in [0.4, 0.5) is 0 Å². The molecule has 0 aliphatic heterocycles. The van der Waals surface area contributed by atoms with E-state index in [-0.39, 0.29) is 5.91 Å². The maximum atomic E-state index is 12.3. The minimum Gasteiger partial charge on any atom is -0.481 e. The van der Waals surface area contributed by atoms with Gasteiger partial charge in [0.25, 0.3) is 0 Å². The van der Waals surface area contributed by atoms with Gasteiger partial charge in [0, 0.05) is 18.3 Å². The van der Waals surface area contributed by atoms with Gasteiger partial charge in [-0.3, -0.25) is 9.59 Å². The average Bonchev–Trinajstić information content (AvgIpc) is 2.52. The van der Waals surface area contributed by atoms with E-state index in [0.29, 0.717) is 25.3 Å². The van der Waals surface area contributed by atoms with Crippen LogP contribution in [0.25, 0.3) is 0 Å². The Labute approximate surface area is 123 Å². The number of nitrogens with one attached hydrogen (secondary N) is 1. The number of methoxy groups -OCH3 is 1. The third-order valence-corrected chi connectivity index (χ3v) is 3.92. The molecule has 0 radical (unpaired) electrons. The molecule has 0 bridgehead atoms. The van der Waals surface area contributed by atoms with Crippen molar-refractivity contribution in [2.75, 3.05) is 7.11 Å². The van der Waals surface area contributed by atoms with Crippen molar-refractivity contribution in [2.45, 2.75) is 32.2 Å². The summed E-state index contributed by atoms with van der Waals surface area (Å²) in [6, 6.07) is 3.59. The lowest BCUT2D eigenvalue weighted by Crippen LogP contribution is -2.39. The Morgan fingerprint density at radius 1 is 1.38 bits per heavy atom. The molecule has 114 valence electrons. The predicted molar refractivity (Wildman–Crippen MR) is 75.7 cm³/mol. The van der Waals surface area contributed by atoms with Crippen molar-refractivity contribution in [1.82, 2.24) is 10.3 Å². The highest BCUT2D eigenvalue weighted by Gasteiger charge is 2.35. The molecule has 6 nitrogen and oxygen atoms in total. The molecule has 21 heavy (non-hydrogen) atoms. The number of carbonyl (C=O) groups is 2. The van der Waals surface area contributed by atoms with E-state index >= 15 is 0 Å². The largest absolute Gasteiger partial charge is 0.481 e. The van der Waals surface area contributed by atoms with Gasteiger partial charge in [-0.05, 0) is 18.9 Å². The highest BCUT2D eigenvalue weighted by molar-refractivity contribution is 5.84. The number of carbonyl (C=O) groups excluding carboxylic acids is 1. The maximum absolute atomic E-state index is 12.3. The van der Waals surface area contributed by atoms with Gasteiger partial charge in [0.05, 0.1) is 18.9 Å². The zero-order valence-electron chi connectivity index (χ0n) is 12.0. The highest BCUT2D eigenvalue weighted by atomic mass is 16.5. The molecule has 2 atom stereocenters. The summed E-state index contributed by atoms with van der Waals surface area (Å²) in [7, 11) is 1.52. The number of hydrogen-bond donors (Lipinski definition) is 2. The lowest BCUT2D eigenvalue weighted by molar-refractivity contribution is -0.148. The number of aromatic nitrogens is 1. The third-order valence-electron chi connectivity index (χ3n) is 3.92. The molecule has 1 saturated carbocycles. The average molecular weight is 292 g/mol. The molecule has 0 saturated heterocycles. The van der Waals surface area contributed by atoms with Gasteiger partial charge in [-0.15, -0.1) is 0 Å². The number of nitrogens with zero attached hydrogens (tertiary/aromatic N) is 1. The van der Waals surface area contributed by atoms with Crippen LogP contribution in [0.15, 0.2) is 18.3 Å². The van der Waals surface area contributed by atoms with E-state index in [1.807, 2.05) is 6.07 Å². The Balaban J connectivity index is 1.99. The zero-order chi connectivity index (χ0) is 15.2. The summed E-state index contributed by atoms with van der Waals surface area (Å²) in [6.45, 7) is 0.290. The molecule has 1 aliphatic carbocycles. The van der Waals surface area contributed by atoms with Crippen molar-refractivity contribution in [1.29, 1.82) is 0 Å². The Bertz CT molecular complexity index is 518. The van der Waals surface area contributed by atoms with Gasteiger partial charge in [0.15, 0.2) is 0 Å². The van der Waals surface area contributed by atoms with Crippen molar-refractivity contribution >= 4 is 11.9 Å². The summed E-state index contributed by atoms with van der Waals surface area (Å²) >= 11 is 0. The lowest BCUT2D eigenvalue weighted by atomic mass is 9.78. The minimum absolute atomic E-state index is 0.201. The SMILES string of the molecule is COc1ncccc1CNC(=O)[C@@H]1CCCC[C@@H]1C(=O)O. The van der Waals surface area contributed by atoms with E-state index in [0.717, 1.165) is 18.4 Å². The second kappa shape index (κ2) is 7.06. The number of ether oxygens (including phenoxy) is 1. The summed E-state index contributed by atoms with van der Waals surface area (Å²) in [5, 5.41) is 12.0. The van der Waals surface area contributed by atoms with Gasteiger partial charge >= 0.3 is 5.97 Å². The normalized spacial score (nSPS) is 21.6. The molecular weight excluding hydrogens is 272 g/mol. The minimum atomic E-state index is -0.881. The Kier molecular flexibility index (Phi) is 5.14. The molecule has 2 rings (SSSR count). The zero-order valence-corrected chi connectivity index (χ0v) is 12.0. The van der Waals surface area contributed by atoms with E-state index in [2.05, 4.69) is 10.3 Å². The molecule has 1 heterocycles. The van der Waals surface area contributed by atoms with E-state index in [1.165, 1.54) is 7.11 Å². The summed E-state index contributed by atoms with van der Waals surface area (Å²) in [5.74, 6) is -1.63. The van der Waals surface area contributed by atoms with Crippen molar-refractivity contribution in [3.8, 4) is 5.88 Å². The molecule has 1 amide bonds. The fourth-order valence-corrected chi connectivity index (χ4v) is 2.80. The molecule has 1 fully saturated rings. The molecule has 1 aliphatic rings. The van der Waals surface area contributed by atoms with E-state index < -0.39 is 17.8 Å². The summed E-state index contributed by atoms with van der Waals surface area (Å²) in [5.41, 5.74) is 0.774. The Morgan fingerprint density at radius 3 is 2.76 bits per heavy atom. The van der Waals surface area contributed by atoms with Gasteiger partial charge < -0.3 is 15.2 Å². The summed E-state index contributed by atoms with van der Waals surface area (Å²) in [6.07, 6.45) is 4.59. The monoisotopic (exact) mass is 292 g/mol. The van der Waals surface area contributed by atoms with Crippen LogP contribution in [0, 0.1) is 11.8 Å². The lowest BCUT2D eigenvalue weighted by Gasteiger charge is -2.27. The maximum Gasteiger partial charge on any atom is 0.307 e. The van der Waals surface area contributed by atoms with Gasteiger partial charge in [-0.1, -0.05) is 18.9 Å². The Morgan fingerprint density at radius 2 is 2.10 bits per heavy atom. The molecule has 6 heteroatoms. The number of rotatable bonds is 5. The number of carboxylic acids is 1. The van der Waals surface area contributed by atoms with Crippen molar-refractivity contribution in [3.05, 3.63) is 23.9 Å². The van der Waals surface area contributed by atoms with Crippen LogP contribution >= 0.6 is 0 Å². The van der Waals surface area contributed by atoms with E-state index in [4.69, 9.17) is 4.74 Å². The van der Waals surface area contributed by atoms with Crippen molar-refractivity contribution in [2.24, 2.45) is 11.8 Å². The first-order chi connectivity index (χ1) is 10.1. The number of hydrogen-bond acceptors (Lipinski definition) is 4. The fraction of sp³-hybridized carbons (Fsp3) is 0.533. The van der Waals surface area contributed by atoms with Crippen LogP contribution in [0.1, 0.15) is 31.2 Å². The highest BCUT2D eigenvalue weighted by Crippen LogP contribution is 2.30. The van der Waals surface area contributed by atoms with Gasteiger partial charge in [0.1, 0.15) is 0 Å². The Hall–Kier alpha value is -2.11. The number of amides is 1. The van der Waals surface area contributed by atoms with Crippen LogP contribution in [0.3, 0.4) is 0 Å². The topological polar surface area (TPSA) is 88.5 Å². The van der Waals surface area contributed by atoms with Crippen LogP contribution in [-0.2, 0) is 16.1 Å². The number of aliphatic carboxylic acids is 1. The van der Waals surface area contributed by atoms with Crippen LogP contribution < -0.4 is 10.1 Å². The third kappa shape index (κ3) is 3.71. The second-order valence-corrected chi connectivity index (χ2v) is 5.23. The molecule has 1 aromatic heterocycles. The molecule has 1 aromatic rings. The smallest absolute Gasteiger partial charge is 0.307 e. The van der Waals surface area contributed by atoms with E-state index in [1.54, 1.807) is 12.3 Å². The number of pyridine rings is 1. The molecule has 0 unspecified atom stereocenters. The van der Waals surface area contributed by atoms with E-state index in [9.17, 15) is 14.7 Å². The first-order valence-corrected chi connectivity index (χ1v) is 7.12. The molecule has 2 N–H and O–H groups in total. The van der Waals surface area contributed by atoms with Crippen molar-refractivity contribution in [3.63, 3.8) is 0 Å². The first-order valence-electron chi connectivity index (χ1n) is 7.12. The number of carboxylic acid groups (broad SMARTS) is 1. The molecular formula is C15H20N2O4. The first kappa shape index (κ1) is 15.3. The predicted octanol–water partition coefficient (Wildman–Crippen LogP) is 1.60. The fourth-order valence-electron chi connectivity index (χ4n) is 2.80. The molecule has 0 aromatic carbocycles. The van der Waals surface area contributed by atoms with Crippen molar-refractivity contribution < 1.29 is 19.4 Å². The van der Waals surface area contributed by atoms with Crippen LogP contribution in [0.2, 0.25) is 0 Å². The summed E-state index contributed by atoms with van der Waals surface area (Å²) < 4.78 is 5.13. The molecule has 0 spiro atoms. The summed E-state index contributed by atoms with van der Waals surface area (Å²) in [4.78, 5) is 27.5. The second-order valence-electron chi connectivity index (χ2n) is 5.23.